The van der Waals surface area contributed by atoms with Crippen LogP contribution < -0.4 is 0 Å². The van der Waals surface area contributed by atoms with Crippen LogP contribution >= 0.6 is 0 Å². The van der Waals surface area contributed by atoms with E-state index in [1.165, 1.54) is 0 Å². The molecule has 2 heterocycles. The molecule has 1 unspecified atom stereocenters. The molecule has 53 heavy (non-hydrogen) atoms. The second-order valence-corrected chi connectivity index (χ2v) is 19.7. The van der Waals surface area contributed by atoms with Crippen LogP contribution in [-0.4, -0.2) is 127 Å². The zero-order chi connectivity index (χ0) is 39.1. The third kappa shape index (κ3) is 6.90. The lowest BCUT2D eigenvalue weighted by atomic mass is 9.35. The Bertz CT molecular complexity index is 1320. The van der Waals surface area contributed by atoms with Gasteiger partial charge in [-0.25, -0.2) is 0 Å². The minimum atomic E-state index is -1.63. The number of aliphatic hydroxyl groups excluding tert-OH is 8. The van der Waals surface area contributed by atoms with Crippen LogP contribution in [0.25, 0.3) is 0 Å². The van der Waals surface area contributed by atoms with Crippen molar-refractivity contribution in [2.24, 2.45) is 45.3 Å². The SMILES string of the molecule is CC(C)=CCC[C@](C)(O[C@@H]1O[C@H](CO[C@@H]2OC[C@H](O)[C@H](O)[C@H]2O)[C@@H](O)[C@H](O)[C@H]1O)[C@H]1CC[C@]2(C)[C@@H]1[C@H](O)C[C@@H]1[C@@]3(C)CC[C@H](O)C(C)(C)C3CC[C@]12C. The van der Waals surface area contributed by atoms with Gasteiger partial charge in [0.15, 0.2) is 12.6 Å². The lowest BCUT2D eigenvalue weighted by Gasteiger charge is -2.70. The smallest absolute Gasteiger partial charge is 0.187 e. The van der Waals surface area contributed by atoms with E-state index >= 15 is 0 Å². The van der Waals surface area contributed by atoms with Crippen LogP contribution in [0, 0.1) is 45.3 Å². The van der Waals surface area contributed by atoms with E-state index in [0.717, 1.165) is 44.1 Å². The van der Waals surface area contributed by atoms with Crippen molar-refractivity contribution in [1.29, 1.82) is 0 Å². The van der Waals surface area contributed by atoms with Crippen LogP contribution in [0.5, 0.6) is 0 Å². The van der Waals surface area contributed by atoms with E-state index in [1.807, 2.05) is 20.8 Å². The fraction of sp³-hybridized carbons (Fsp3) is 0.951. The third-order valence-electron chi connectivity index (χ3n) is 16.3. The Morgan fingerprint density at radius 2 is 1.42 bits per heavy atom. The summed E-state index contributed by atoms with van der Waals surface area (Å²) in [5, 5.41) is 87.0. The molecule has 0 aromatic rings. The van der Waals surface area contributed by atoms with E-state index in [0.29, 0.717) is 31.1 Å². The highest BCUT2D eigenvalue weighted by atomic mass is 16.7. The molecule has 19 atom stereocenters. The summed E-state index contributed by atoms with van der Waals surface area (Å²) in [6.45, 7) is 17.2. The Morgan fingerprint density at radius 1 is 0.755 bits per heavy atom. The van der Waals surface area contributed by atoms with Gasteiger partial charge in [0, 0.05) is 0 Å². The van der Waals surface area contributed by atoms with Gasteiger partial charge < -0.3 is 59.8 Å². The van der Waals surface area contributed by atoms with Crippen molar-refractivity contribution in [2.45, 2.75) is 186 Å². The summed E-state index contributed by atoms with van der Waals surface area (Å²) in [7, 11) is 0. The van der Waals surface area contributed by atoms with Gasteiger partial charge in [-0.05, 0) is 124 Å². The average Bonchev–Trinajstić information content (AvgIpc) is 3.47. The van der Waals surface area contributed by atoms with Gasteiger partial charge in [0.2, 0.25) is 0 Å². The van der Waals surface area contributed by atoms with Crippen molar-refractivity contribution in [2.75, 3.05) is 13.2 Å². The summed E-state index contributed by atoms with van der Waals surface area (Å²) >= 11 is 0. The fourth-order valence-electron chi connectivity index (χ4n) is 12.9. The first-order valence-electron chi connectivity index (χ1n) is 20.3. The van der Waals surface area contributed by atoms with Crippen LogP contribution in [0.3, 0.4) is 0 Å². The van der Waals surface area contributed by atoms with Crippen molar-refractivity contribution in [3.63, 3.8) is 0 Å². The molecule has 2 saturated heterocycles. The first-order chi connectivity index (χ1) is 24.6. The standard InChI is InChI=1S/C41H70O12/c1-21(2)10-9-14-41(8,53-36-34(49)32(47)31(46)25(52-36)20-51-35-33(48)30(45)24(43)19-50-35)22-11-16-40(7)29(22)23(42)18-27-38(5)15-13-28(44)37(3,4)26(38)12-17-39(27,40)6/h10,22-36,42-49H,9,11-20H2,1-8H3/t22-,23+,24-,25+,26?,27+,28-,29-,30-,31+,32-,33+,34+,35-,36-,38-,39+,40+,41-/m0/s1. The van der Waals surface area contributed by atoms with Gasteiger partial charge >= 0.3 is 0 Å². The number of aliphatic hydroxyl groups is 8. The summed E-state index contributed by atoms with van der Waals surface area (Å²) in [6.07, 6.45) is -4.18. The molecule has 0 aromatic heterocycles. The molecule has 6 aliphatic rings. The number of hydrogen-bond donors (Lipinski definition) is 8. The van der Waals surface area contributed by atoms with E-state index in [4.69, 9.17) is 18.9 Å². The molecule has 6 fully saturated rings. The van der Waals surface area contributed by atoms with Crippen LogP contribution in [0.1, 0.15) is 113 Å². The normalized spacial score (nSPS) is 52.1. The molecule has 12 heteroatoms. The largest absolute Gasteiger partial charge is 0.393 e. The van der Waals surface area contributed by atoms with E-state index in [-0.39, 0.29) is 52.8 Å². The minimum absolute atomic E-state index is 0.00324. The maximum Gasteiger partial charge on any atom is 0.187 e. The third-order valence-corrected chi connectivity index (χ3v) is 16.3. The lowest BCUT2D eigenvalue weighted by molar-refractivity contribution is -0.345. The van der Waals surface area contributed by atoms with Crippen molar-refractivity contribution in [3.05, 3.63) is 11.6 Å². The molecular formula is C41H70O12. The molecule has 4 aliphatic carbocycles. The summed E-state index contributed by atoms with van der Waals surface area (Å²) in [5.41, 5.74) is -0.185. The summed E-state index contributed by atoms with van der Waals surface area (Å²) < 4.78 is 24.1. The molecule has 2 aliphatic heterocycles. The molecule has 306 valence electrons. The molecule has 4 saturated carbocycles. The van der Waals surface area contributed by atoms with Crippen molar-refractivity contribution in [1.82, 2.24) is 0 Å². The first-order valence-corrected chi connectivity index (χ1v) is 20.3. The quantitative estimate of drug-likeness (QED) is 0.161. The highest BCUT2D eigenvalue weighted by Crippen LogP contribution is 2.76. The Hall–Kier alpha value is -0.740. The Kier molecular flexibility index (Phi) is 11.8. The monoisotopic (exact) mass is 754 g/mol. The predicted octanol–water partition coefficient (Wildman–Crippen LogP) is 2.79. The van der Waals surface area contributed by atoms with Gasteiger partial charge in [-0.15, -0.1) is 0 Å². The summed E-state index contributed by atoms with van der Waals surface area (Å²) in [6, 6.07) is 0. The highest BCUT2D eigenvalue weighted by Gasteiger charge is 2.71. The molecule has 12 nitrogen and oxygen atoms in total. The molecule has 6 rings (SSSR count). The van der Waals surface area contributed by atoms with Crippen LogP contribution in [0.2, 0.25) is 0 Å². The Labute approximate surface area is 315 Å². The minimum Gasteiger partial charge on any atom is -0.393 e. The van der Waals surface area contributed by atoms with Crippen LogP contribution in [-0.2, 0) is 18.9 Å². The summed E-state index contributed by atoms with van der Waals surface area (Å²) in [5.74, 6) is 0.469. The zero-order valence-electron chi connectivity index (χ0n) is 33.2. The van der Waals surface area contributed by atoms with Crippen LogP contribution in [0.4, 0.5) is 0 Å². The second-order valence-electron chi connectivity index (χ2n) is 19.7. The second kappa shape index (κ2) is 14.9. The van der Waals surface area contributed by atoms with Crippen molar-refractivity contribution in [3.8, 4) is 0 Å². The van der Waals surface area contributed by atoms with Gasteiger partial charge in [-0.1, -0.05) is 46.3 Å². The van der Waals surface area contributed by atoms with E-state index < -0.39 is 67.0 Å². The van der Waals surface area contributed by atoms with Gasteiger partial charge in [-0.3, -0.25) is 0 Å². The maximum absolute atomic E-state index is 12.4. The number of ether oxygens (including phenoxy) is 4. The number of fused-ring (bicyclic) bond motifs is 5. The zero-order valence-corrected chi connectivity index (χ0v) is 33.2. The van der Waals surface area contributed by atoms with E-state index in [1.54, 1.807) is 0 Å². The molecule has 0 spiro atoms. The van der Waals surface area contributed by atoms with Crippen molar-refractivity contribution < 1.29 is 59.8 Å². The molecule has 0 amide bonds. The molecule has 0 radical (unpaired) electrons. The Balaban J connectivity index is 1.26. The van der Waals surface area contributed by atoms with Gasteiger partial charge in [0.25, 0.3) is 0 Å². The molecular weight excluding hydrogens is 684 g/mol. The van der Waals surface area contributed by atoms with Gasteiger partial charge in [-0.2, -0.15) is 0 Å². The Morgan fingerprint density at radius 3 is 2.09 bits per heavy atom. The number of hydrogen-bond acceptors (Lipinski definition) is 12. The van der Waals surface area contributed by atoms with E-state index in [9.17, 15) is 40.9 Å². The lowest BCUT2D eigenvalue weighted by Crippen LogP contribution is -2.67. The predicted molar refractivity (Wildman–Crippen MR) is 195 cm³/mol. The van der Waals surface area contributed by atoms with Crippen molar-refractivity contribution >= 4 is 0 Å². The number of allylic oxidation sites excluding steroid dienone is 2. The molecule has 0 aromatic carbocycles. The fourth-order valence-corrected chi connectivity index (χ4v) is 12.9. The maximum atomic E-state index is 12.4. The number of rotatable bonds is 9. The average molecular weight is 755 g/mol. The summed E-state index contributed by atoms with van der Waals surface area (Å²) in [4.78, 5) is 0. The van der Waals surface area contributed by atoms with Crippen LogP contribution in [0.15, 0.2) is 11.6 Å². The molecule has 0 bridgehead atoms. The first kappa shape index (κ1) is 41.9. The van der Waals surface area contributed by atoms with Gasteiger partial charge in [0.1, 0.15) is 42.7 Å². The van der Waals surface area contributed by atoms with E-state index in [2.05, 4.69) is 40.7 Å². The molecule has 8 N–H and O–H groups in total. The highest BCUT2D eigenvalue weighted by molar-refractivity contribution is 5.20. The van der Waals surface area contributed by atoms with Gasteiger partial charge in [0.05, 0.1) is 31.0 Å². The topological polar surface area (TPSA) is 199 Å².